The summed E-state index contributed by atoms with van der Waals surface area (Å²) in [5.74, 6) is 0.842. The molecule has 0 aliphatic carbocycles. The van der Waals surface area contributed by atoms with Crippen molar-refractivity contribution in [3.05, 3.63) is 59.2 Å². The quantitative estimate of drug-likeness (QED) is 0.429. The van der Waals surface area contributed by atoms with E-state index < -0.39 is 6.61 Å². The fourth-order valence-corrected chi connectivity index (χ4v) is 2.75. The summed E-state index contributed by atoms with van der Waals surface area (Å²) in [6.45, 7) is -2.13. The van der Waals surface area contributed by atoms with Crippen molar-refractivity contribution in [1.29, 1.82) is 0 Å². The highest BCUT2D eigenvalue weighted by Crippen LogP contribution is 2.26. The summed E-state index contributed by atoms with van der Waals surface area (Å²) in [5, 5.41) is 8.83. The predicted octanol–water partition coefficient (Wildman–Crippen LogP) is 2.56. The van der Waals surface area contributed by atoms with Gasteiger partial charge in [-0.05, 0) is 36.2 Å². The minimum absolute atomic E-state index is 0.0401. The van der Waals surface area contributed by atoms with Gasteiger partial charge in [0.25, 0.3) is 5.91 Å². The third kappa shape index (κ3) is 6.91. The number of nitrogens with zero attached hydrogens (tertiary/aromatic N) is 1. The van der Waals surface area contributed by atoms with Crippen LogP contribution in [0.15, 0.2) is 47.5 Å². The number of rotatable bonds is 9. The third-order valence-corrected chi connectivity index (χ3v) is 4.28. The molecule has 30 heavy (non-hydrogen) atoms. The molecule has 0 atom stereocenters. The highest BCUT2D eigenvalue weighted by Gasteiger charge is 2.12. The highest BCUT2D eigenvalue weighted by atomic mass is 19.3. The number of ether oxygens (including phenoxy) is 2. The first-order valence-electron chi connectivity index (χ1n) is 9.34. The molecule has 0 radical (unpaired) electrons. The number of carbonyl (C=O) groups excluding carboxylic acids is 1. The molecule has 7 nitrogen and oxygen atoms in total. The van der Waals surface area contributed by atoms with Crippen LogP contribution in [0.4, 0.5) is 8.78 Å². The van der Waals surface area contributed by atoms with Gasteiger partial charge in [-0.15, -0.1) is 0 Å². The lowest BCUT2D eigenvalue weighted by atomic mass is 10.1. The minimum Gasteiger partial charge on any atom is -0.497 e. The van der Waals surface area contributed by atoms with Crippen LogP contribution < -0.4 is 25.4 Å². The number of carbonyl (C=O) groups is 1. The smallest absolute Gasteiger partial charge is 0.387 e. The maximum Gasteiger partial charge on any atom is 0.387 e. The zero-order valence-electron chi connectivity index (χ0n) is 17.2. The highest BCUT2D eigenvalue weighted by molar-refractivity contribution is 5.94. The Balaban J connectivity index is 1.92. The molecule has 2 rings (SSSR count). The second kappa shape index (κ2) is 11.6. The fraction of sp³-hybridized carbons (Fsp3) is 0.333. The van der Waals surface area contributed by atoms with E-state index >= 15 is 0 Å². The van der Waals surface area contributed by atoms with Gasteiger partial charge in [-0.1, -0.05) is 12.1 Å². The Morgan fingerprint density at radius 3 is 2.63 bits per heavy atom. The monoisotopic (exact) mass is 420 g/mol. The van der Waals surface area contributed by atoms with E-state index in [1.165, 1.54) is 13.2 Å². The summed E-state index contributed by atoms with van der Waals surface area (Å²) in [7, 11) is 4.66. The summed E-state index contributed by atoms with van der Waals surface area (Å²) < 4.78 is 35.0. The molecule has 0 saturated heterocycles. The van der Waals surface area contributed by atoms with Crippen molar-refractivity contribution >= 4 is 11.9 Å². The Bertz CT molecular complexity index is 875. The van der Waals surface area contributed by atoms with Gasteiger partial charge in [-0.25, -0.2) is 0 Å². The lowest BCUT2D eigenvalue weighted by molar-refractivity contribution is -0.0505. The molecule has 0 aliphatic heterocycles. The number of halogens is 2. The van der Waals surface area contributed by atoms with Gasteiger partial charge in [0.15, 0.2) is 5.96 Å². The van der Waals surface area contributed by atoms with Gasteiger partial charge in [0.05, 0.1) is 7.11 Å². The lowest BCUT2D eigenvalue weighted by Gasteiger charge is -2.15. The number of alkyl halides is 2. The lowest BCUT2D eigenvalue weighted by Crippen LogP contribution is -2.38. The van der Waals surface area contributed by atoms with Crippen LogP contribution in [-0.4, -0.2) is 46.2 Å². The van der Waals surface area contributed by atoms with Crippen molar-refractivity contribution in [2.24, 2.45) is 4.99 Å². The zero-order valence-corrected chi connectivity index (χ0v) is 17.2. The van der Waals surface area contributed by atoms with Crippen molar-refractivity contribution in [2.45, 2.75) is 19.6 Å². The molecule has 0 aromatic heterocycles. The molecule has 2 aromatic carbocycles. The van der Waals surface area contributed by atoms with Crippen LogP contribution in [0.2, 0.25) is 0 Å². The normalized spacial score (nSPS) is 11.2. The zero-order chi connectivity index (χ0) is 21.9. The van der Waals surface area contributed by atoms with Gasteiger partial charge >= 0.3 is 6.61 Å². The third-order valence-electron chi connectivity index (χ3n) is 4.28. The number of hydrogen-bond donors (Lipinski definition) is 3. The fourth-order valence-electron chi connectivity index (χ4n) is 2.75. The maximum absolute atomic E-state index is 12.7. The molecule has 162 valence electrons. The molecule has 1 amide bonds. The second-order valence-corrected chi connectivity index (χ2v) is 6.23. The topological polar surface area (TPSA) is 84.0 Å². The first kappa shape index (κ1) is 22.9. The van der Waals surface area contributed by atoms with Gasteiger partial charge < -0.3 is 25.4 Å². The first-order valence-corrected chi connectivity index (χ1v) is 9.34. The molecule has 0 bridgehead atoms. The van der Waals surface area contributed by atoms with Crippen molar-refractivity contribution in [3.63, 3.8) is 0 Å². The second-order valence-electron chi connectivity index (χ2n) is 6.23. The molecule has 9 heteroatoms. The Morgan fingerprint density at radius 1 is 1.17 bits per heavy atom. The van der Waals surface area contributed by atoms with Crippen molar-refractivity contribution < 1.29 is 23.0 Å². The van der Waals surface area contributed by atoms with E-state index in [4.69, 9.17) is 4.74 Å². The Hall–Kier alpha value is -3.36. The molecule has 0 saturated carbocycles. The van der Waals surface area contributed by atoms with Crippen LogP contribution in [-0.2, 0) is 13.0 Å². The molecule has 0 fully saturated rings. The summed E-state index contributed by atoms with van der Waals surface area (Å²) in [6.07, 6.45) is 0.674. The molecule has 0 unspecified atom stereocenters. The number of methoxy groups -OCH3 is 1. The van der Waals surface area contributed by atoms with Crippen LogP contribution in [0.25, 0.3) is 0 Å². The van der Waals surface area contributed by atoms with Crippen LogP contribution >= 0.6 is 0 Å². The maximum atomic E-state index is 12.7. The molecule has 0 aliphatic rings. The number of nitrogens with one attached hydrogen (secondary N) is 3. The standard InChI is InChI=1S/C21H26F2N4O3/c1-24-19(28)15-6-4-5-14(11-15)9-10-26-21(25-2)27-13-16-7-8-17(29-3)12-18(16)30-20(22)23/h4-8,11-12,20H,9-10,13H2,1-3H3,(H,24,28)(H2,25,26,27). The molecule has 2 aromatic rings. The summed E-state index contributed by atoms with van der Waals surface area (Å²) >= 11 is 0. The van der Waals surface area contributed by atoms with Crippen LogP contribution in [0, 0.1) is 0 Å². The van der Waals surface area contributed by atoms with Gasteiger partial charge in [0.2, 0.25) is 0 Å². The first-order chi connectivity index (χ1) is 14.5. The Morgan fingerprint density at radius 2 is 1.97 bits per heavy atom. The minimum atomic E-state index is -2.93. The summed E-state index contributed by atoms with van der Waals surface area (Å²) in [4.78, 5) is 15.9. The average molecular weight is 420 g/mol. The van der Waals surface area contributed by atoms with E-state index in [1.54, 1.807) is 32.3 Å². The van der Waals surface area contributed by atoms with Crippen LogP contribution in [0.3, 0.4) is 0 Å². The van der Waals surface area contributed by atoms with Gasteiger partial charge in [0, 0.05) is 44.4 Å². The van der Waals surface area contributed by atoms with Crippen LogP contribution in [0.5, 0.6) is 11.5 Å². The van der Waals surface area contributed by atoms with Crippen molar-refractivity contribution in [2.75, 3.05) is 27.7 Å². The molecular formula is C21H26F2N4O3. The molecular weight excluding hydrogens is 394 g/mol. The van der Waals surface area contributed by atoms with Gasteiger partial charge in [-0.3, -0.25) is 9.79 Å². The Labute approximate surface area is 174 Å². The predicted molar refractivity (Wildman–Crippen MR) is 111 cm³/mol. The number of aliphatic imine (C=N–C) groups is 1. The summed E-state index contributed by atoms with van der Waals surface area (Å²) in [5.41, 5.74) is 2.14. The molecule has 3 N–H and O–H groups in total. The molecule has 0 heterocycles. The SMILES string of the molecule is CN=C(NCCc1cccc(C(=O)NC)c1)NCc1ccc(OC)cc1OC(F)F. The van der Waals surface area contributed by atoms with E-state index in [9.17, 15) is 13.6 Å². The van der Waals surface area contributed by atoms with Crippen molar-refractivity contribution in [1.82, 2.24) is 16.0 Å². The van der Waals surface area contributed by atoms with E-state index in [1.807, 2.05) is 18.2 Å². The Kier molecular flexibility index (Phi) is 8.86. The van der Waals surface area contributed by atoms with E-state index in [0.717, 1.165) is 5.56 Å². The van der Waals surface area contributed by atoms with Gasteiger partial charge in [-0.2, -0.15) is 8.78 Å². The van der Waals surface area contributed by atoms with Crippen LogP contribution in [0.1, 0.15) is 21.5 Å². The number of benzene rings is 2. The van der Waals surface area contributed by atoms with E-state index in [2.05, 4.69) is 25.7 Å². The average Bonchev–Trinajstić information content (AvgIpc) is 2.75. The molecule has 0 spiro atoms. The number of hydrogen-bond acceptors (Lipinski definition) is 4. The van der Waals surface area contributed by atoms with Gasteiger partial charge in [0.1, 0.15) is 11.5 Å². The summed E-state index contributed by atoms with van der Waals surface area (Å²) in [6, 6.07) is 12.1. The van der Waals surface area contributed by atoms with E-state index in [0.29, 0.717) is 35.8 Å². The van der Waals surface area contributed by atoms with Crippen molar-refractivity contribution in [3.8, 4) is 11.5 Å². The number of guanidine groups is 1. The number of amides is 1. The largest absolute Gasteiger partial charge is 0.497 e. The van der Waals surface area contributed by atoms with E-state index in [-0.39, 0.29) is 18.2 Å².